The topological polar surface area (TPSA) is 43.8 Å². The van der Waals surface area contributed by atoms with Gasteiger partial charge < -0.3 is 5.73 Å². The van der Waals surface area contributed by atoms with E-state index in [1.807, 2.05) is 30.5 Å². The summed E-state index contributed by atoms with van der Waals surface area (Å²) in [6.45, 7) is 0. The fourth-order valence-corrected chi connectivity index (χ4v) is 2.66. The number of rotatable bonds is 2. The van der Waals surface area contributed by atoms with Gasteiger partial charge in [-0.25, -0.2) is 9.37 Å². The minimum absolute atomic E-state index is 0.0550. The SMILES string of the molecule is CSc1ccc(-n2c(N)nc3cc(F)c(Cl)cc32)cc1. The molecular weight excluding hydrogens is 297 g/mol. The van der Waals surface area contributed by atoms with Crippen LogP contribution < -0.4 is 5.73 Å². The first-order chi connectivity index (χ1) is 9.60. The molecule has 0 amide bonds. The molecule has 0 atom stereocenters. The van der Waals surface area contributed by atoms with Crippen LogP contribution in [0.15, 0.2) is 41.3 Å². The van der Waals surface area contributed by atoms with Crippen LogP contribution in [0.25, 0.3) is 16.7 Å². The minimum Gasteiger partial charge on any atom is -0.369 e. The first-order valence-electron chi connectivity index (χ1n) is 5.87. The van der Waals surface area contributed by atoms with Gasteiger partial charge in [-0.3, -0.25) is 4.57 Å². The maximum atomic E-state index is 13.5. The molecule has 2 N–H and O–H groups in total. The van der Waals surface area contributed by atoms with Gasteiger partial charge in [-0.1, -0.05) is 11.6 Å². The fraction of sp³-hybridized carbons (Fsp3) is 0.0714. The van der Waals surface area contributed by atoms with Crippen LogP contribution in [-0.4, -0.2) is 15.8 Å². The van der Waals surface area contributed by atoms with Gasteiger partial charge in [0.05, 0.1) is 16.1 Å². The maximum Gasteiger partial charge on any atom is 0.205 e. The molecule has 0 bridgehead atoms. The van der Waals surface area contributed by atoms with Crippen LogP contribution in [0, 0.1) is 5.82 Å². The van der Waals surface area contributed by atoms with E-state index in [4.69, 9.17) is 17.3 Å². The summed E-state index contributed by atoms with van der Waals surface area (Å²) in [5.41, 5.74) is 7.97. The molecule has 20 heavy (non-hydrogen) atoms. The van der Waals surface area contributed by atoms with Crippen LogP contribution in [0.5, 0.6) is 0 Å². The molecule has 0 fully saturated rings. The molecule has 0 unspecified atom stereocenters. The summed E-state index contributed by atoms with van der Waals surface area (Å²) in [6, 6.07) is 10.7. The Labute approximate surface area is 124 Å². The molecule has 3 aromatic rings. The Bertz CT molecular complexity index is 783. The summed E-state index contributed by atoms with van der Waals surface area (Å²) in [7, 11) is 0. The number of nitrogens with zero attached hydrogens (tertiary/aromatic N) is 2. The lowest BCUT2D eigenvalue weighted by molar-refractivity contribution is 0.630. The van der Waals surface area contributed by atoms with Crippen molar-refractivity contribution < 1.29 is 4.39 Å². The van der Waals surface area contributed by atoms with Crippen LogP contribution in [-0.2, 0) is 0 Å². The lowest BCUT2D eigenvalue weighted by Gasteiger charge is -2.07. The Hall–Kier alpha value is -1.72. The van der Waals surface area contributed by atoms with E-state index < -0.39 is 5.82 Å². The maximum absolute atomic E-state index is 13.5. The van der Waals surface area contributed by atoms with Gasteiger partial charge in [0.15, 0.2) is 0 Å². The van der Waals surface area contributed by atoms with E-state index >= 15 is 0 Å². The summed E-state index contributed by atoms with van der Waals surface area (Å²) in [6.07, 6.45) is 2.01. The molecule has 6 heteroatoms. The highest BCUT2D eigenvalue weighted by atomic mass is 35.5. The summed E-state index contributed by atoms with van der Waals surface area (Å²) in [5.74, 6) is -0.194. The number of halogens is 2. The monoisotopic (exact) mass is 307 g/mol. The Morgan fingerprint density at radius 3 is 2.60 bits per heavy atom. The van der Waals surface area contributed by atoms with Gasteiger partial charge >= 0.3 is 0 Å². The van der Waals surface area contributed by atoms with Crippen molar-refractivity contribution in [2.75, 3.05) is 12.0 Å². The first kappa shape index (κ1) is 13.3. The smallest absolute Gasteiger partial charge is 0.205 e. The van der Waals surface area contributed by atoms with Gasteiger partial charge in [0, 0.05) is 16.6 Å². The molecule has 0 aliphatic heterocycles. The molecule has 1 aromatic heterocycles. The summed E-state index contributed by atoms with van der Waals surface area (Å²) in [5, 5.41) is 0.0550. The molecule has 0 aliphatic carbocycles. The quantitative estimate of drug-likeness (QED) is 0.724. The van der Waals surface area contributed by atoms with Crippen LogP contribution in [0.4, 0.5) is 10.3 Å². The van der Waals surface area contributed by atoms with Crippen LogP contribution in [0.2, 0.25) is 5.02 Å². The van der Waals surface area contributed by atoms with Crippen molar-refractivity contribution >= 4 is 40.3 Å². The number of fused-ring (bicyclic) bond motifs is 1. The second-order valence-corrected chi connectivity index (χ2v) is 5.55. The third kappa shape index (κ3) is 2.13. The molecule has 102 valence electrons. The van der Waals surface area contributed by atoms with Crippen molar-refractivity contribution in [3.05, 3.63) is 47.2 Å². The number of nitrogens with two attached hydrogens (primary N) is 1. The van der Waals surface area contributed by atoms with Crippen molar-refractivity contribution in [1.29, 1.82) is 0 Å². The molecule has 0 aliphatic rings. The van der Waals surface area contributed by atoms with Crippen molar-refractivity contribution in [3.63, 3.8) is 0 Å². The summed E-state index contributed by atoms with van der Waals surface area (Å²) in [4.78, 5) is 5.32. The van der Waals surface area contributed by atoms with Crippen molar-refractivity contribution in [1.82, 2.24) is 9.55 Å². The molecular formula is C14H11ClFN3S. The Kier molecular flexibility index (Phi) is 3.31. The Balaban J connectivity index is 2.23. The van der Waals surface area contributed by atoms with Gasteiger partial charge in [0.1, 0.15) is 5.82 Å². The van der Waals surface area contributed by atoms with E-state index in [0.717, 1.165) is 10.6 Å². The Morgan fingerprint density at radius 2 is 1.95 bits per heavy atom. The van der Waals surface area contributed by atoms with Gasteiger partial charge in [0.2, 0.25) is 5.95 Å². The van der Waals surface area contributed by atoms with Crippen LogP contribution in [0.1, 0.15) is 0 Å². The van der Waals surface area contributed by atoms with E-state index in [9.17, 15) is 4.39 Å². The van der Waals surface area contributed by atoms with E-state index in [1.165, 1.54) is 12.1 Å². The number of anilines is 1. The normalized spacial score (nSPS) is 11.2. The van der Waals surface area contributed by atoms with Crippen molar-refractivity contribution in [2.24, 2.45) is 0 Å². The average molecular weight is 308 g/mol. The standard InChI is InChI=1S/C14H11ClFN3S/c1-20-9-4-2-8(3-5-9)19-13-6-10(15)11(16)7-12(13)18-14(19)17/h2-7H,1H3,(H2,17,18). The van der Waals surface area contributed by atoms with Crippen molar-refractivity contribution in [3.8, 4) is 5.69 Å². The predicted molar refractivity (Wildman–Crippen MR) is 82.2 cm³/mol. The van der Waals surface area contributed by atoms with Crippen LogP contribution in [0.3, 0.4) is 0 Å². The largest absolute Gasteiger partial charge is 0.369 e. The van der Waals surface area contributed by atoms with E-state index in [0.29, 0.717) is 17.0 Å². The molecule has 0 radical (unpaired) electrons. The number of imidazole rings is 1. The van der Waals surface area contributed by atoms with Crippen LogP contribution >= 0.6 is 23.4 Å². The molecule has 2 aromatic carbocycles. The zero-order chi connectivity index (χ0) is 14.3. The highest BCUT2D eigenvalue weighted by Crippen LogP contribution is 2.28. The van der Waals surface area contributed by atoms with E-state index in [-0.39, 0.29) is 5.02 Å². The zero-order valence-electron chi connectivity index (χ0n) is 10.6. The summed E-state index contributed by atoms with van der Waals surface area (Å²) < 4.78 is 15.2. The lowest BCUT2D eigenvalue weighted by Crippen LogP contribution is -2.00. The number of nitrogen functional groups attached to an aromatic ring is 1. The second-order valence-electron chi connectivity index (χ2n) is 4.26. The van der Waals surface area contributed by atoms with Gasteiger partial charge in [-0.2, -0.15) is 0 Å². The van der Waals surface area contributed by atoms with Gasteiger partial charge in [-0.05, 0) is 36.6 Å². The minimum atomic E-state index is -0.499. The fourth-order valence-electron chi connectivity index (χ4n) is 2.09. The molecule has 3 nitrogen and oxygen atoms in total. The van der Waals surface area contributed by atoms with Gasteiger partial charge in [-0.15, -0.1) is 11.8 Å². The number of benzene rings is 2. The number of hydrogen-bond donors (Lipinski definition) is 1. The number of thioether (sulfide) groups is 1. The third-order valence-corrected chi connectivity index (χ3v) is 4.09. The molecule has 3 rings (SSSR count). The average Bonchev–Trinajstić information content (AvgIpc) is 2.75. The van der Waals surface area contributed by atoms with Gasteiger partial charge in [0.25, 0.3) is 0 Å². The molecule has 1 heterocycles. The second kappa shape index (κ2) is 5.00. The van der Waals surface area contributed by atoms with E-state index in [2.05, 4.69) is 4.98 Å². The number of aromatic nitrogens is 2. The summed E-state index contributed by atoms with van der Waals surface area (Å²) >= 11 is 7.50. The number of hydrogen-bond acceptors (Lipinski definition) is 3. The zero-order valence-corrected chi connectivity index (χ0v) is 12.2. The molecule has 0 saturated heterocycles. The predicted octanol–water partition coefficient (Wildman–Crippen LogP) is 4.12. The third-order valence-electron chi connectivity index (χ3n) is 3.05. The van der Waals surface area contributed by atoms with E-state index in [1.54, 1.807) is 16.3 Å². The lowest BCUT2D eigenvalue weighted by atomic mass is 10.2. The molecule has 0 spiro atoms. The first-order valence-corrected chi connectivity index (χ1v) is 7.48. The Morgan fingerprint density at radius 1 is 1.25 bits per heavy atom. The molecule has 0 saturated carbocycles. The van der Waals surface area contributed by atoms with Crippen molar-refractivity contribution in [2.45, 2.75) is 4.90 Å². The highest BCUT2D eigenvalue weighted by Gasteiger charge is 2.13. The highest BCUT2D eigenvalue weighted by molar-refractivity contribution is 7.98.